The van der Waals surface area contributed by atoms with Crippen LogP contribution in [-0.4, -0.2) is 31.9 Å². The molecule has 2 aromatic rings. The molecule has 1 aliphatic rings. The second-order valence-electron chi connectivity index (χ2n) is 5.18. The third-order valence-electron chi connectivity index (χ3n) is 4.31. The number of hydrogen-bond donors (Lipinski definition) is 2. The van der Waals surface area contributed by atoms with Crippen LogP contribution in [0.5, 0.6) is 5.75 Å². The number of benzene rings is 1. The van der Waals surface area contributed by atoms with Gasteiger partial charge in [-0.3, -0.25) is 0 Å². The fourth-order valence-corrected chi connectivity index (χ4v) is 3.08. The van der Waals surface area contributed by atoms with Gasteiger partial charge >= 0.3 is 0 Å². The van der Waals surface area contributed by atoms with Gasteiger partial charge in [0.25, 0.3) is 0 Å². The van der Waals surface area contributed by atoms with E-state index >= 15 is 0 Å². The fourth-order valence-electron chi connectivity index (χ4n) is 3.08. The van der Waals surface area contributed by atoms with Crippen molar-refractivity contribution in [1.29, 1.82) is 0 Å². The molecule has 1 fully saturated rings. The third kappa shape index (κ3) is 1.91. The van der Waals surface area contributed by atoms with Crippen molar-refractivity contribution >= 4 is 10.9 Å². The summed E-state index contributed by atoms with van der Waals surface area (Å²) in [5.41, 5.74) is 8.47. The molecule has 1 aromatic heterocycles. The minimum atomic E-state index is 0.0306. The van der Waals surface area contributed by atoms with Gasteiger partial charge in [-0.25, -0.2) is 0 Å². The quantitative estimate of drug-likeness (QED) is 0.889. The van der Waals surface area contributed by atoms with Gasteiger partial charge in [0.2, 0.25) is 0 Å². The average Bonchev–Trinajstić information content (AvgIpc) is 2.92. The van der Waals surface area contributed by atoms with Gasteiger partial charge in [0.05, 0.1) is 12.6 Å². The average molecular weight is 260 g/mol. The molecule has 19 heavy (non-hydrogen) atoms. The zero-order chi connectivity index (χ0) is 13.3. The van der Waals surface area contributed by atoms with Crippen LogP contribution >= 0.6 is 0 Å². The number of nitrogens with two attached hydrogens (primary N) is 1. The Morgan fingerprint density at radius 2 is 2.16 bits per heavy atom. The van der Waals surface area contributed by atoms with E-state index < -0.39 is 0 Å². The van der Waals surface area contributed by atoms with Crippen LogP contribution in [0.4, 0.5) is 0 Å². The lowest BCUT2D eigenvalue weighted by Gasteiger charge is -2.36. The Kier molecular flexibility index (Phi) is 3.21. The SMILES string of the molecule is COc1cccc2c(C3(CN)CCOCC3)c[nH]c12. The van der Waals surface area contributed by atoms with E-state index in [2.05, 4.69) is 17.2 Å². The molecular formula is C15H20N2O2. The fraction of sp³-hybridized carbons (Fsp3) is 0.467. The topological polar surface area (TPSA) is 60.3 Å². The molecule has 1 saturated heterocycles. The van der Waals surface area contributed by atoms with E-state index in [-0.39, 0.29) is 5.41 Å². The molecule has 4 heteroatoms. The molecule has 0 atom stereocenters. The standard InChI is InChI=1S/C15H20N2O2/c1-18-13-4-2-3-11-12(9-17-14(11)13)15(10-16)5-7-19-8-6-15/h2-4,9,17H,5-8,10,16H2,1H3. The van der Waals surface area contributed by atoms with Gasteiger partial charge in [0.15, 0.2) is 0 Å². The largest absolute Gasteiger partial charge is 0.495 e. The van der Waals surface area contributed by atoms with Crippen molar-refractivity contribution in [2.45, 2.75) is 18.3 Å². The lowest BCUT2D eigenvalue weighted by Crippen LogP contribution is -2.40. The Morgan fingerprint density at radius 3 is 2.84 bits per heavy atom. The third-order valence-corrected chi connectivity index (χ3v) is 4.31. The number of nitrogens with one attached hydrogen (secondary N) is 1. The van der Waals surface area contributed by atoms with Crippen molar-refractivity contribution in [3.05, 3.63) is 30.0 Å². The van der Waals surface area contributed by atoms with Crippen LogP contribution in [0.1, 0.15) is 18.4 Å². The molecule has 0 amide bonds. The van der Waals surface area contributed by atoms with E-state index in [1.807, 2.05) is 12.1 Å². The van der Waals surface area contributed by atoms with Crippen LogP contribution in [-0.2, 0) is 10.2 Å². The smallest absolute Gasteiger partial charge is 0.142 e. The van der Waals surface area contributed by atoms with Crippen LogP contribution < -0.4 is 10.5 Å². The van der Waals surface area contributed by atoms with E-state index in [0.29, 0.717) is 6.54 Å². The molecule has 102 valence electrons. The normalized spacial score (nSPS) is 18.6. The molecule has 2 heterocycles. The number of aromatic nitrogens is 1. The number of aromatic amines is 1. The summed E-state index contributed by atoms with van der Waals surface area (Å²) in [5, 5.41) is 1.21. The molecule has 3 rings (SSSR count). The summed E-state index contributed by atoms with van der Waals surface area (Å²) in [6, 6.07) is 6.14. The predicted octanol–water partition coefficient (Wildman–Crippen LogP) is 2.18. The van der Waals surface area contributed by atoms with E-state index in [1.165, 1.54) is 10.9 Å². The van der Waals surface area contributed by atoms with Gasteiger partial charge in [-0.1, -0.05) is 12.1 Å². The lowest BCUT2D eigenvalue weighted by atomic mass is 9.74. The maximum absolute atomic E-state index is 6.09. The zero-order valence-corrected chi connectivity index (χ0v) is 11.2. The summed E-state index contributed by atoms with van der Waals surface area (Å²) in [6.45, 7) is 2.22. The van der Waals surface area contributed by atoms with E-state index in [0.717, 1.165) is 37.3 Å². The minimum absolute atomic E-state index is 0.0306. The second kappa shape index (κ2) is 4.87. The van der Waals surface area contributed by atoms with Gasteiger partial charge in [-0.15, -0.1) is 0 Å². The number of H-pyrrole nitrogens is 1. The van der Waals surface area contributed by atoms with Gasteiger partial charge in [0, 0.05) is 36.8 Å². The van der Waals surface area contributed by atoms with Gasteiger partial charge in [0.1, 0.15) is 5.75 Å². The van der Waals surface area contributed by atoms with Gasteiger partial charge in [-0.2, -0.15) is 0 Å². The highest BCUT2D eigenvalue weighted by atomic mass is 16.5. The van der Waals surface area contributed by atoms with Crippen LogP contribution in [0, 0.1) is 0 Å². The highest BCUT2D eigenvalue weighted by Gasteiger charge is 2.35. The lowest BCUT2D eigenvalue weighted by molar-refractivity contribution is 0.0534. The maximum atomic E-state index is 6.09. The first kappa shape index (κ1) is 12.5. The van der Waals surface area contributed by atoms with Crippen molar-refractivity contribution in [2.75, 3.05) is 26.9 Å². The van der Waals surface area contributed by atoms with Gasteiger partial charge in [-0.05, 0) is 24.5 Å². The van der Waals surface area contributed by atoms with Crippen molar-refractivity contribution in [1.82, 2.24) is 4.98 Å². The van der Waals surface area contributed by atoms with Crippen molar-refractivity contribution in [3.63, 3.8) is 0 Å². The number of rotatable bonds is 3. The number of ether oxygens (including phenoxy) is 2. The molecule has 1 aromatic carbocycles. The highest BCUT2D eigenvalue weighted by molar-refractivity contribution is 5.89. The molecule has 4 nitrogen and oxygen atoms in total. The summed E-state index contributed by atoms with van der Waals surface area (Å²) in [7, 11) is 1.70. The van der Waals surface area contributed by atoms with E-state index in [1.54, 1.807) is 7.11 Å². The number of hydrogen-bond acceptors (Lipinski definition) is 3. The summed E-state index contributed by atoms with van der Waals surface area (Å²) in [4.78, 5) is 3.34. The van der Waals surface area contributed by atoms with Crippen LogP contribution in [0.3, 0.4) is 0 Å². The number of para-hydroxylation sites is 1. The predicted molar refractivity (Wildman–Crippen MR) is 75.6 cm³/mol. The van der Waals surface area contributed by atoms with Crippen molar-refractivity contribution in [2.24, 2.45) is 5.73 Å². The highest BCUT2D eigenvalue weighted by Crippen LogP contribution is 2.39. The van der Waals surface area contributed by atoms with E-state index in [4.69, 9.17) is 15.2 Å². The van der Waals surface area contributed by atoms with Crippen LogP contribution in [0.25, 0.3) is 10.9 Å². The van der Waals surface area contributed by atoms with Crippen LogP contribution in [0.2, 0.25) is 0 Å². The molecule has 0 spiro atoms. The van der Waals surface area contributed by atoms with Crippen LogP contribution in [0.15, 0.2) is 24.4 Å². The molecule has 0 aliphatic carbocycles. The van der Waals surface area contributed by atoms with E-state index in [9.17, 15) is 0 Å². The summed E-state index contributed by atoms with van der Waals surface area (Å²) in [6.07, 6.45) is 4.05. The Balaban J connectivity index is 2.14. The Labute approximate surface area is 112 Å². The molecule has 0 bridgehead atoms. The first-order valence-electron chi connectivity index (χ1n) is 6.73. The summed E-state index contributed by atoms with van der Waals surface area (Å²) >= 11 is 0. The number of fused-ring (bicyclic) bond motifs is 1. The van der Waals surface area contributed by atoms with Gasteiger partial charge < -0.3 is 20.2 Å². The Hall–Kier alpha value is -1.52. The molecule has 0 unspecified atom stereocenters. The first-order chi connectivity index (χ1) is 9.30. The van der Waals surface area contributed by atoms with Crippen molar-refractivity contribution < 1.29 is 9.47 Å². The first-order valence-corrected chi connectivity index (χ1v) is 6.73. The monoisotopic (exact) mass is 260 g/mol. The molecular weight excluding hydrogens is 240 g/mol. The summed E-state index contributed by atoms with van der Waals surface area (Å²) in [5.74, 6) is 0.878. The molecule has 3 N–H and O–H groups in total. The Morgan fingerprint density at radius 1 is 1.37 bits per heavy atom. The van der Waals surface area contributed by atoms with Crippen molar-refractivity contribution in [3.8, 4) is 5.75 Å². The molecule has 0 saturated carbocycles. The number of methoxy groups -OCH3 is 1. The molecule has 0 radical (unpaired) electrons. The zero-order valence-electron chi connectivity index (χ0n) is 11.2. The Bertz CT molecular complexity index is 571. The summed E-state index contributed by atoms with van der Waals surface area (Å²) < 4.78 is 10.9. The second-order valence-corrected chi connectivity index (χ2v) is 5.18. The molecule has 1 aliphatic heterocycles. The maximum Gasteiger partial charge on any atom is 0.142 e. The minimum Gasteiger partial charge on any atom is -0.495 e.